The van der Waals surface area contributed by atoms with Gasteiger partial charge in [-0.05, 0) is 29.3 Å². The van der Waals surface area contributed by atoms with Crippen molar-refractivity contribution in [1.82, 2.24) is 9.80 Å². The van der Waals surface area contributed by atoms with Crippen molar-refractivity contribution in [3.8, 4) is 11.5 Å². The van der Waals surface area contributed by atoms with Crippen molar-refractivity contribution in [2.45, 2.75) is 38.8 Å². The number of para-hydroxylation sites is 1. The SMILES string of the molecule is C[Si](C)(C)CCOC(=O)N1CCN(Cc2cccc(COc3cccc(O)c3[N+](=O)[O-])c2)CC1. The van der Waals surface area contributed by atoms with Crippen molar-refractivity contribution >= 4 is 19.9 Å². The van der Waals surface area contributed by atoms with Crippen LogP contribution in [0.3, 0.4) is 0 Å². The summed E-state index contributed by atoms with van der Waals surface area (Å²) in [6.45, 7) is 11.0. The molecule has 184 valence electrons. The van der Waals surface area contributed by atoms with Gasteiger partial charge in [-0.25, -0.2) is 4.79 Å². The van der Waals surface area contributed by atoms with Gasteiger partial charge in [-0.15, -0.1) is 0 Å². The summed E-state index contributed by atoms with van der Waals surface area (Å²) in [5, 5.41) is 21.0. The van der Waals surface area contributed by atoms with Crippen LogP contribution in [0.25, 0.3) is 0 Å². The molecule has 3 rings (SSSR count). The largest absolute Gasteiger partial charge is 0.502 e. The molecular weight excluding hydrogens is 454 g/mol. The number of piperazine rings is 1. The maximum atomic E-state index is 12.3. The normalized spacial score (nSPS) is 14.6. The topological polar surface area (TPSA) is 105 Å². The molecule has 1 saturated heterocycles. The minimum absolute atomic E-state index is 0.0308. The fourth-order valence-electron chi connectivity index (χ4n) is 3.67. The second kappa shape index (κ2) is 11.3. The van der Waals surface area contributed by atoms with Crippen molar-refractivity contribution in [3.63, 3.8) is 0 Å². The van der Waals surface area contributed by atoms with Gasteiger partial charge in [0.1, 0.15) is 6.61 Å². The third-order valence-corrected chi connectivity index (χ3v) is 7.36. The minimum atomic E-state index is -1.22. The zero-order valence-corrected chi connectivity index (χ0v) is 21.0. The maximum Gasteiger partial charge on any atom is 0.409 e. The number of phenolic OH excluding ortho intramolecular Hbond substituents is 1. The van der Waals surface area contributed by atoms with E-state index in [-0.39, 0.29) is 18.4 Å². The fourth-order valence-corrected chi connectivity index (χ4v) is 4.39. The molecule has 1 N–H and O–H groups in total. The molecule has 1 amide bonds. The first-order valence-corrected chi connectivity index (χ1v) is 15.1. The number of phenols is 1. The van der Waals surface area contributed by atoms with Crippen LogP contribution in [0.2, 0.25) is 25.7 Å². The Morgan fingerprint density at radius 2 is 1.76 bits per heavy atom. The molecule has 0 bridgehead atoms. The highest BCUT2D eigenvalue weighted by Gasteiger charge is 2.23. The Hall–Kier alpha value is -3.11. The number of nitro benzene ring substituents is 1. The Kier molecular flexibility index (Phi) is 8.51. The van der Waals surface area contributed by atoms with Crippen LogP contribution >= 0.6 is 0 Å². The summed E-state index contributed by atoms with van der Waals surface area (Å²) in [6, 6.07) is 13.1. The van der Waals surface area contributed by atoms with E-state index in [1.807, 2.05) is 24.3 Å². The predicted molar refractivity (Wildman–Crippen MR) is 132 cm³/mol. The predicted octanol–water partition coefficient (Wildman–Crippen LogP) is 4.47. The fraction of sp³-hybridized carbons (Fsp3) is 0.458. The van der Waals surface area contributed by atoms with Gasteiger partial charge >= 0.3 is 11.8 Å². The number of nitro groups is 1. The third-order valence-electron chi connectivity index (χ3n) is 5.66. The van der Waals surface area contributed by atoms with Gasteiger partial charge in [0.25, 0.3) is 0 Å². The lowest BCUT2D eigenvalue weighted by molar-refractivity contribution is -0.386. The van der Waals surface area contributed by atoms with Crippen LogP contribution in [0.15, 0.2) is 42.5 Å². The van der Waals surface area contributed by atoms with Gasteiger partial charge in [0.2, 0.25) is 5.75 Å². The molecule has 2 aromatic carbocycles. The highest BCUT2D eigenvalue weighted by atomic mass is 28.3. The summed E-state index contributed by atoms with van der Waals surface area (Å²) < 4.78 is 11.1. The monoisotopic (exact) mass is 487 g/mol. The molecule has 34 heavy (non-hydrogen) atoms. The number of ether oxygens (including phenoxy) is 2. The summed E-state index contributed by atoms with van der Waals surface area (Å²) in [7, 11) is -1.22. The van der Waals surface area contributed by atoms with E-state index in [1.54, 1.807) is 4.90 Å². The number of benzene rings is 2. The zero-order valence-electron chi connectivity index (χ0n) is 20.0. The second-order valence-corrected chi connectivity index (χ2v) is 15.3. The molecule has 0 aromatic heterocycles. The standard InChI is InChI=1S/C24H33N3O6Si/c1-34(2,3)15-14-32-24(29)26-12-10-25(11-13-26)17-19-6-4-7-20(16-19)18-33-22-9-5-8-21(28)23(22)27(30)31/h4-9,16,28H,10-15,17-18H2,1-3H3. The van der Waals surface area contributed by atoms with Crippen molar-refractivity contribution in [1.29, 1.82) is 0 Å². The number of aromatic hydroxyl groups is 1. The summed E-state index contributed by atoms with van der Waals surface area (Å²) in [6.07, 6.45) is -0.224. The van der Waals surface area contributed by atoms with E-state index in [4.69, 9.17) is 9.47 Å². The first-order chi connectivity index (χ1) is 16.1. The molecule has 0 radical (unpaired) electrons. The molecule has 10 heteroatoms. The molecule has 9 nitrogen and oxygen atoms in total. The lowest BCUT2D eigenvalue weighted by atomic mass is 10.1. The Morgan fingerprint density at radius 3 is 2.44 bits per heavy atom. The van der Waals surface area contributed by atoms with Gasteiger partial charge in [0, 0.05) is 40.8 Å². The van der Waals surface area contributed by atoms with Crippen LogP contribution in [-0.2, 0) is 17.9 Å². The molecule has 0 atom stereocenters. The summed E-state index contributed by atoms with van der Waals surface area (Å²) in [5.74, 6) is -0.390. The second-order valence-electron chi connectivity index (χ2n) is 9.68. The van der Waals surface area contributed by atoms with Crippen molar-refractivity contribution in [3.05, 3.63) is 63.7 Å². The van der Waals surface area contributed by atoms with Crippen LogP contribution in [0, 0.1) is 10.1 Å². The average Bonchev–Trinajstić information content (AvgIpc) is 2.77. The number of carbonyl (C=O) groups is 1. The van der Waals surface area contributed by atoms with E-state index < -0.39 is 24.4 Å². The zero-order chi connectivity index (χ0) is 24.7. The van der Waals surface area contributed by atoms with Crippen LogP contribution in [0.1, 0.15) is 11.1 Å². The van der Waals surface area contributed by atoms with Crippen molar-refractivity contribution < 1.29 is 24.3 Å². The smallest absolute Gasteiger partial charge is 0.409 e. The molecule has 1 fully saturated rings. The van der Waals surface area contributed by atoms with E-state index in [0.717, 1.165) is 36.8 Å². The molecule has 1 aliphatic rings. The van der Waals surface area contributed by atoms with E-state index in [2.05, 4.69) is 24.5 Å². The van der Waals surface area contributed by atoms with E-state index in [1.165, 1.54) is 18.2 Å². The molecule has 0 saturated carbocycles. The van der Waals surface area contributed by atoms with Gasteiger partial charge in [0.15, 0.2) is 5.75 Å². The van der Waals surface area contributed by atoms with Gasteiger partial charge in [-0.2, -0.15) is 0 Å². The highest BCUT2D eigenvalue weighted by molar-refractivity contribution is 6.76. The lowest BCUT2D eigenvalue weighted by Crippen LogP contribution is -2.48. The maximum absolute atomic E-state index is 12.3. The van der Waals surface area contributed by atoms with Crippen LogP contribution in [0.5, 0.6) is 11.5 Å². The van der Waals surface area contributed by atoms with Crippen LogP contribution < -0.4 is 4.74 Å². The summed E-state index contributed by atoms with van der Waals surface area (Å²) >= 11 is 0. The Bertz CT molecular complexity index is 1000. The first kappa shape index (κ1) is 25.5. The molecule has 1 heterocycles. The number of hydrogen-bond acceptors (Lipinski definition) is 7. The van der Waals surface area contributed by atoms with Crippen LogP contribution in [-0.4, -0.2) is 66.8 Å². The number of amides is 1. The Morgan fingerprint density at radius 1 is 1.09 bits per heavy atom. The number of carbonyl (C=O) groups excluding carboxylic acids is 1. The number of hydrogen-bond donors (Lipinski definition) is 1. The van der Waals surface area contributed by atoms with Gasteiger partial charge in [-0.3, -0.25) is 15.0 Å². The van der Waals surface area contributed by atoms with Gasteiger partial charge in [-0.1, -0.05) is 50.0 Å². The lowest BCUT2D eigenvalue weighted by Gasteiger charge is -2.34. The summed E-state index contributed by atoms with van der Waals surface area (Å²) in [5.41, 5.74) is 1.54. The Labute approximate surface area is 201 Å². The number of nitrogens with zero attached hydrogens (tertiary/aromatic N) is 3. The summed E-state index contributed by atoms with van der Waals surface area (Å²) in [4.78, 5) is 26.9. The molecule has 2 aromatic rings. The van der Waals surface area contributed by atoms with Crippen molar-refractivity contribution in [2.24, 2.45) is 0 Å². The van der Waals surface area contributed by atoms with Gasteiger partial charge in [0.05, 0.1) is 11.5 Å². The quantitative estimate of drug-likeness (QED) is 0.316. The van der Waals surface area contributed by atoms with E-state index in [0.29, 0.717) is 19.7 Å². The first-order valence-electron chi connectivity index (χ1n) is 11.4. The molecule has 1 aliphatic heterocycles. The third kappa shape index (κ3) is 7.46. The van der Waals surface area contributed by atoms with Gasteiger partial charge < -0.3 is 19.5 Å². The highest BCUT2D eigenvalue weighted by Crippen LogP contribution is 2.35. The molecular formula is C24H33N3O6Si. The van der Waals surface area contributed by atoms with E-state index >= 15 is 0 Å². The number of rotatable bonds is 9. The minimum Gasteiger partial charge on any atom is -0.502 e. The van der Waals surface area contributed by atoms with Crippen molar-refractivity contribution in [2.75, 3.05) is 32.8 Å². The molecule has 0 unspecified atom stereocenters. The van der Waals surface area contributed by atoms with Crippen LogP contribution in [0.4, 0.5) is 10.5 Å². The average molecular weight is 488 g/mol. The molecule has 0 aliphatic carbocycles. The van der Waals surface area contributed by atoms with E-state index in [9.17, 15) is 20.0 Å². The Balaban J connectivity index is 1.49. The molecule has 0 spiro atoms.